The maximum atomic E-state index is 6.05. The van der Waals surface area contributed by atoms with Gasteiger partial charge in [0, 0.05) is 37.9 Å². The number of imidazole rings is 1. The summed E-state index contributed by atoms with van der Waals surface area (Å²) in [6, 6.07) is 14.5. The SMILES string of the molecule is NC[C@@H]1CN(Cc2cn3cc(Cl)ccc3n2)C[C@H]1c1ccccc1. The van der Waals surface area contributed by atoms with Crippen molar-refractivity contribution in [1.29, 1.82) is 0 Å². The molecular formula is C19H21ClN4. The van der Waals surface area contributed by atoms with Crippen LogP contribution in [0.15, 0.2) is 54.9 Å². The van der Waals surface area contributed by atoms with E-state index in [1.165, 1.54) is 5.56 Å². The average molecular weight is 341 g/mol. The van der Waals surface area contributed by atoms with Crippen LogP contribution in [0, 0.1) is 5.92 Å². The first-order chi connectivity index (χ1) is 11.7. The van der Waals surface area contributed by atoms with Crippen LogP contribution in [0.25, 0.3) is 5.65 Å². The molecule has 2 N–H and O–H groups in total. The Morgan fingerprint density at radius 3 is 2.71 bits per heavy atom. The van der Waals surface area contributed by atoms with E-state index in [0.717, 1.165) is 42.5 Å². The highest BCUT2D eigenvalue weighted by atomic mass is 35.5. The number of halogens is 1. The molecule has 24 heavy (non-hydrogen) atoms. The van der Waals surface area contributed by atoms with E-state index in [1.54, 1.807) is 0 Å². The van der Waals surface area contributed by atoms with Gasteiger partial charge in [0.25, 0.3) is 0 Å². The lowest BCUT2D eigenvalue weighted by Crippen LogP contribution is -2.23. The molecule has 1 fully saturated rings. The van der Waals surface area contributed by atoms with Crippen LogP contribution in [0.5, 0.6) is 0 Å². The zero-order chi connectivity index (χ0) is 16.5. The first-order valence-corrected chi connectivity index (χ1v) is 8.71. The second kappa shape index (κ2) is 6.55. The number of nitrogens with zero attached hydrogens (tertiary/aromatic N) is 3. The van der Waals surface area contributed by atoms with Gasteiger partial charge in [-0.25, -0.2) is 4.98 Å². The van der Waals surface area contributed by atoms with E-state index in [2.05, 4.69) is 41.4 Å². The molecule has 0 amide bonds. The first-order valence-electron chi connectivity index (χ1n) is 8.33. The van der Waals surface area contributed by atoms with Gasteiger partial charge in [-0.3, -0.25) is 4.90 Å². The number of nitrogens with two attached hydrogens (primary N) is 1. The fourth-order valence-electron chi connectivity index (χ4n) is 3.73. The molecule has 124 valence electrons. The molecule has 2 atom stereocenters. The number of likely N-dealkylation sites (tertiary alicyclic amines) is 1. The lowest BCUT2D eigenvalue weighted by molar-refractivity contribution is 0.313. The van der Waals surface area contributed by atoms with Crippen LogP contribution >= 0.6 is 11.6 Å². The molecule has 3 aromatic rings. The van der Waals surface area contributed by atoms with Crippen LogP contribution in [-0.4, -0.2) is 33.9 Å². The molecule has 1 aliphatic heterocycles. The Morgan fingerprint density at radius 2 is 1.92 bits per heavy atom. The minimum atomic E-state index is 0.499. The second-order valence-corrected chi connectivity index (χ2v) is 6.99. The number of hydrogen-bond donors (Lipinski definition) is 1. The topological polar surface area (TPSA) is 46.6 Å². The van der Waals surface area contributed by atoms with E-state index in [4.69, 9.17) is 22.3 Å². The average Bonchev–Trinajstić information content (AvgIpc) is 3.18. The van der Waals surface area contributed by atoms with Crippen LogP contribution in [-0.2, 0) is 6.54 Å². The number of fused-ring (bicyclic) bond motifs is 1. The lowest BCUT2D eigenvalue weighted by Gasteiger charge is -2.16. The van der Waals surface area contributed by atoms with Gasteiger partial charge in [-0.1, -0.05) is 41.9 Å². The minimum Gasteiger partial charge on any atom is -0.330 e. The van der Waals surface area contributed by atoms with Crippen molar-refractivity contribution in [1.82, 2.24) is 14.3 Å². The van der Waals surface area contributed by atoms with E-state index in [-0.39, 0.29) is 0 Å². The molecule has 1 saturated heterocycles. The van der Waals surface area contributed by atoms with Crippen LogP contribution in [0.4, 0.5) is 0 Å². The highest BCUT2D eigenvalue weighted by Crippen LogP contribution is 2.32. The molecule has 3 heterocycles. The highest BCUT2D eigenvalue weighted by molar-refractivity contribution is 6.30. The van der Waals surface area contributed by atoms with Crippen molar-refractivity contribution < 1.29 is 0 Å². The largest absolute Gasteiger partial charge is 0.330 e. The molecular weight excluding hydrogens is 320 g/mol. The van der Waals surface area contributed by atoms with E-state index < -0.39 is 0 Å². The molecule has 4 nitrogen and oxygen atoms in total. The summed E-state index contributed by atoms with van der Waals surface area (Å²) < 4.78 is 1.99. The summed E-state index contributed by atoms with van der Waals surface area (Å²) >= 11 is 6.05. The van der Waals surface area contributed by atoms with E-state index in [9.17, 15) is 0 Å². The summed E-state index contributed by atoms with van der Waals surface area (Å²) in [7, 11) is 0. The van der Waals surface area contributed by atoms with Crippen molar-refractivity contribution in [3.05, 3.63) is 71.1 Å². The minimum absolute atomic E-state index is 0.499. The predicted octanol–water partition coefficient (Wildman–Crippen LogP) is 3.16. The summed E-state index contributed by atoms with van der Waals surface area (Å²) in [5.41, 5.74) is 9.43. The van der Waals surface area contributed by atoms with E-state index in [1.807, 2.05) is 22.7 Å². The number of benzene rings is 1. The summed E-state index contributed by atoms with van der Waals surface area (Å²) in [5, 5.41) is 0.722. The zero-order valence-electron chi connectivity index (χ0n) is 13.5. The van der Waals surface area contributed by atoms with Gasteiger partial charge >= 0.3 is 0 Å². The second-order valence-electron chi connectivity index (χ2n) is 6.55. The Bertz CT molecular complexity index is 830. The summed E-state index contributed by atoms with van der Waals surface area (Å²) in [6.07, 6.45) is 3.96. The molecule has 4 rings (SSSR count). The van der Waals surface area contributed by atoms with Crippen LogP contribution in [0.3, 0.4) is 0 Å². The number of rotatable bonds is 4. The van der Waals surface area contributed by atoms with Gasteiger partial charge in [0.05, 0.1) is 10.7 Å². The molecule has 0 radical (unpaired) electrons. The van der Waals surface area contributed by atoms with Gasteiger partial charge in [-0.15, -0.1) is 0 Å². The predicted molar refractivity (Wildman–Crippen MR) is 97.2 cm³/mol. The van der Waals surface area contributed by atoms with Gasteiger partial charge in [-0.2, -0.15) is 0 Å². The van der Waals surface area contributed by atoms with E-state index in [0.29, 0.717) is 11.8 Å². The molecule has 1 aromatic carbocycles. The van der Waals surface area contributed by atoms with Crippen molar-refractivity contribution in [2.45, 2.75) is 12.5 Å². The van der Waals surface area contributed by atoms with Crippen molar-refractivity contribution in [2.75, 3.05) is 19.6 Å². The fraction of sp³-hybridized carbons (Fsp3) is 0.316. The smallest absolute Gasteiger partial charge is 0.137 e. The Labute approximate surface area is 146 Å². The monoisotopic (exact) mass is 340 g/mol. The highest BCUT2D eigenvalue weighted by Gasteiger charge is 2.32. The standard InChI is InChI=1S/C19H21ClN4/c20-16-6-7-19-22-17(12-24(19)10-16)11-23-9-15(8-21)18(13-23)14-4-2-1-3-5-14/h1-7,10,12,15,18H,8-9,11,13,21H2/t15-,18+/m1/s1. The molecule has 0 unspecified atom stereocenters. The summed E-state index contributed by atoms with van der Waals surface area (Å²) in [5.74, 6) is 1.00. The van der Waals surface area contributed by atoms with Gasteiger partial charge in [-0.05, 0) is 30.2 Å². The van der Waals surface area contributed by atoms with Gasteiger partial charge in [0.15, 0.2) is 0 Å². The number of hydrogen-bond acceptors (Lipinski definition) is 3. The van der Waals surface area contributed by atoms with Crippen LogP contribution < -0.4 is 5.73 Å². The maximum Gasteiger partial charge on any atom is 0.137 e. The quantitative estimate of drug-likeness (QED) is 0.793. The Hall–Kier alpha value is -1.88. The molecule has 0 bridgehead atoms. The van der Waals surface area contributed by atoms with Crippen molar-refractivity contribution in [3.8, 4) is 0 Å². The normalized spacial score (nSPS) is 21.6. The Kier molecular flexibility index (Phi) is 4.27. The molecule has 1 aliphatic rings. The summed E-state index contributed by atoms with van der Waals surface area (Å²) in [6.45, 7) is 3.61. The van der Waals surface area contributed by atoms with Crippen molar-refractivity contribution >= 4 is 17.2 Å². The third-order valence-electron chi connectivity index (χ3n) is 4.90. The molecule has 2 aromatic heterocycles. The Morgan fingerprint density at radius 1 is 1.08 bits per heavy atom. The van der Waals surface area contributed by atoms with Crippen LogP contribution in [0.1, 0.15) is 17.2 Å². The first kappa shape index (κ1) is 15.6. The molecule has 5 heteroatoms. The lowest BCUT2D eigenvalue weighted by atomic mass is 9.89. The molecule has 0 saturated carbocycles. The molecule has 0 aliphatic carbocycles. The number of pyridine rings is 1. The zero-order valence-corrected chi connectivity index (χ0v) is 14.2. The van der Waals surface area contributed by atoms with Gasteiger partial charge in [0.1, 0.15) is 5.65 Å². The fourth-order valence-corrected chi connectivity index (χ4v) is 3.90. The van der Waals surface area contributed by atoms with Crippen molar-refractivity contribution in [2.24, 2.45) is 11.7 Å². The third kappa shape index (κ3) is 3.05. The Balaban J connectivity index is 1.52. The maximum absolute atomic E-state index is 6.05. The molecule has 0 spiro atoms. The summed E-state index contributed by atoms with van der Waals surface area (Å²) in [4.78, 5) is 7.15. The van der Waals surface area contributed by atoms with Crippen LogP contribution in [0.2, 0.25) is 5.02 Å². The van der Waals surface area contributed by atoms with Gasteiger partial charge in [0.2, 0.25) is 0 Å². The number of aromatic nitrogens is 2. The van der Waals surface area contributed by atoms with Crippen molar-refractivity contribution in [3.63, 3.8) is 0 Å². The third-order valence-corrected chi connectivity index (χ3v) is 5.12. The van der Waals surface area contributed by atoms with Gasteiger partial charge < -0.3 is 10.1 Å². The van der Waals surface area contributed by atoms with E-state index >= 15 is 0 Å².